The van der Waals surface area contributed by atoms with Gasteiger partial charge in [0, 0.05) is 17.5 Å². The molecule has 1 saturated heterocycles. The van der Waals surface area contributed by atoms with Crippen LogP contribution in [0.15, 0.2) is 24.3 Å². The summed E-state index contributed by atoms with van der Waals surface area (Å²) in [4.78, 5) is 0. The standard InChI is InChI=1S/C13H18ClN/c1-2-5-10-8-15-9-12(10)11-6-3-4-7-13(11)14/h3-4,6-7,10,12,15H,2,5,8-9H2,1H3/t10-,12-/m0/s1. The van der Waals surface area contributed by atoms with Crippen LogP contribution < -0.4 is 5.32 Å². The SMILES string of the molecule is CCC[C@H]1CNC[C@@H]1c1ccccc1Cl. The second-order valence-corrected chi connectivity index (χ2v) is 4.74. The maximum absolute atomic E-state index is 6.24. The highest BCUT2D eigenvalue weighted by Gasteiger charge is 2.28. The molecule has 1 nitrogen and oxygen atoms in total. The third-order valence-corrected chi connectivity index (χ3v) is 3.65. The van der Waals surface area contributed by atoms with Crippen LogP contribution in [0.1, 0.15) is 31.2 Å². The van der Waals surface area contributed by atoms with Crippen molar-refractivity contribution in [2.75, 3.05) is 13.1 Å². The Morgan fingerprint density at radius 1 is 1.33 bits per heavy atom. The molecule has 2 rings (SSSR count). The average molecular weight is 224 g/mol. The van der Waals surface area contributed by atoms with Crippen LogP contribution in [0.3, 0.4) is 0 Å². The van der Waals surface area contributed by atoms with Crippen molar-refractivity contribution in [2.45, 2.75) is 25.7 Å². The summed E-state index contributed by atoms with van der Waals surface area (Å²) in [6, 6.07) is 8.26. The van der Waals surface area contributed by atoms with Crippen LogP contribution in [0.25, 0.3) is 0 Å². The largest absolute Gasteiger partial charge is 0.316 e. The fourth-order valence-electron chi connectivity index (χ4n) is 2.55. The predicted molar refractivity (Wildman–Crippen MR) is 65.5 cm³/mol. The third kappa shape index (κ3) is 2.35. The molecular formula is C13H18ClN. The number of hydrogen-bond acceptors (Lipinski definition) is 1. The van der Waals surface area contributed by atoms with E-state index in [2.05, 4.69) is 24.4 Å². The quantitative estimate of drug-likeness (QED) is 0.828. The topological polar surface area (TPSA) is 12.0 Å². The number of halogens is 1. The second-order valence-electron chi connectivity index (χ2n) is 4.34. The lowest BCUT2D eigenvalue weighted by atomic mass is 9.86. The Labute approximate surface area is 96.8 Å². The minimum absolute atomic E-state index is 0.610. The molecule has 0 aromatic heterocycles. The van der Waals surface area contributed by atoms with E-state index in [1.807, 2.05) is 12.1 Å². The van der Waals surface area contributed by atoms with E-state index in [-0.39, 0.29) is 0 Å². The predicted octanol–water partition coefficient (Wildman–Crippen LogP) is 3.44. The molecule has 2 heteroatoms. The lowest BCUT2D eigenvalue weighted by Gasteiger charge is -2.19. The maximum Gasteiger partial charge on any atom is 0.0441 e. The van der Waals surface area contributed by atoms with Crippen LogP contribution in [0.2, 0.25) is 5.02 Å². The van der Waals surface area contributed by atoms with Gasteiger partial charge in [0.2, 0.25) is 0 Å². The van der Waals surface area contributed by atoms with Crippen molar-refractivity contribution in [1.29, 1.82) is 0 Å². The van der Waals surface area contributed by atoms with Crippen LogP contribution in [0.5, 0.6) is 0 Å². The van der Waals surface area contributed by atoms with Gasteiger partial charge in [0.1, 0.15) is 0 Å². The normalized spacial score (nSPS) is 25.7. The molecule has 82 valence electrons. The summed E-state index contributed by atoms with van der Waals surface area (Å²) < 4.78 is 0. The third-order valence-electron chi connectivity index (χ3n) is 3.30. The summed E-state index contributed by atoms with van der Waals surface area (Å²) in [5.41, 5.74) is 1.32. The van der Waals surface area contributed by atoms with Gasteiger partial charge in [-0.2, -0.15) is 0 Å². The van der Waals surface area contributed by atoms with E-state index in [1.54, 1.807) is 0 Å². The maximum atomic E-state index is 6.24. The van der Waals surface area contributed by atoms with Gasteiger partial charge in [-0.15, -0.1) is 0 Å². The number of hydrogen-bond donors (Lipinski definition) is 1. The first-order valence-corrected chi connectivity index (χ1v) is 6.16. The highest BCUT2D eigenvalue weighted by atomic mass is 35.5. The number of nitrogens with one attached hydrogen (secondary N) is 1. The minimum atomic E-state index is 0.610. The van der Waals surface area contributed by atoms with Crippen molar-refractivity contribution in [3.05, 3.63) is 34.9 Å². The molecule has 15 heavy (non-hydrogen) atoms. The molecule has 1 aromatic carbocycles. The molecule has 1 heterocycles. The van der Waals surface area contributed by atoms with Gasteiger partial charge < -0.3 is 5.32 Å². The Morgan fingerprint density at radius 3 is 2.87 bits per heavy atom. The molecule has 1 aromatic rings. The molecule has 0 amide bonds. The first-order valence-electron chi connectivity index (χ1n) is 5.78. The van der Waals surface area contributed by atoms with Crippen molar-refractivity contribution >= 4 is 11.6 Å². The smallest absolute Gasteiger partial charge is 0.0441 e. The molecule has 2 atom stereocenters. The first kappa shape index (κ1) is 11.0. The van der Waals surface area contributed by atoms with E-state index in [9.17, 15) is 0 Å². The van der Waals surface area contributed by atoms with E-state index in [4.69, 9.17) is 11.6 Å². The monoisotopic (exact) mass is 223 g/mol. The highest BCUT2D eigenvalue weighted by molar-refractivity contribution is 6.31. The molecule has 0 unspecified atom stereocenters. The van der Waals surface area contributed by atoms with Crippen LogP contribution in [0, 0.1) is 5.92 Å². The van der Waals surface area contributed by atoms with E-state index in [0.29, 0.717) is 5.92 Å². The van der Waals surface area contributed by atoms with Crippen molar-refractivity contribution in [3.63, 3.8) is 0 Å². The van der Waals surface area contributed by atoms with Crippen LogP contribution >= 0.6 is 11.6 Å². The van der Waals surface area contributed by atoms with Crippen molar-refractivity contribution in [2.24, 2.45) is 5.92 Å². The second kappa shape index (κ2) is 5.00. The Kier molecular flexibility index (Phi) is 3.66. The highest BCUT2D eigenvalue weighted by Crippen LogP contribution is 2.34. The molecule has 0 aliphatic carbocycles. The molecule has 0 spiro atoms. The van der Waals surface area contributed by atoms with E-state index in [1.165, 1.54) is 18.4 Å². The van der Waals surface area contributed by atoms with Gasteiger partial charge in [0.25, 0.3) is 0 Å². The minimum Gasteiger partial charge on any atom is -0.316 e. The Bertz CT molecular complexity index is 324. The fraction of sp³-hybridized carbons (Fsp3) is 0.538. The van der Waals surface area contributed by atoms with Gasteiger partial charge in [-0.05, 0) is 30.5 Å². The summed E-state index contributed by atoms with van der Waals surface area (Å²) >= 11 is 6.24. The van der Waals surface area contributed by atoms with Crippen molar-refractivity contribution in [3.8, 4) is 0 Å². The van der Waals surface area contributed by atoms with E-state index in [0.717, 1.165) is 24.0 Å². The zero-order chi connectivity index (χ0) is 10.7. The van der Waals surface area contributed by atoms with Crippen LogP contribution in [0.4, 0.5) is 0 Å². The van der Waals surface area contributed by atoms with E-state index >= 15 is 0 Å². The summed E-state index contributed by atoms with van der Waals surface area (Å²) in [5, 5.41) is 4.40. The molecular weight excluding hydrogens is 206 g/mol. The lowest BCUT2D eigenvalue weighted by Crippen LogP contribution is -2.10. The molecule has 0 saturated carbocycles. The summed E-state index contributed by atoms with van der Waals surface area (Å²) in [5.74, 6) is 1.37. The summed E-state index contributed by atoms with van der Waals surface area (Å²) in [6.45, 7) is 4.47. The number of rotatable bonds is 3. The van der Waals surface area contributed by atoms with Crippen molar-refractivity contribution < 1.29 is 0 Å². The van der Waals surface area contributed by atoms with E-state index < -0.39 is 0 Å². The zero-order valence-electron chi connectivity index (χ0n) is 9.17. The molecule has 0 radical (unpaired) electrons. The summed E-state index contributed by atoms with van der Waals surface area (Å²) in [6.07, 6.45) is 2.55. The first-order chi connectivity index (χ1) is 7.33. The van der Waals surface area contributed by atoms with Gasteiger partial charge in [0.15, 0.2) is 0 Å². The van der Waals surface area contributed by atoms with Gasteiger partial charge in [-0.3, -0.25) is 0 Å². The summed E-state index contributed by atoms with van der Waals surface area (Å²) in [7, 11) is 0. The molecule has 1 N–H and O–H groups in total. The average Bonchev–Trinajstić information content (AvgIpc) is 2.67. The van der Waals surface area contributed by atoms with Crippen LogP contribution in [-0.2, 0) is 0 Å². The Hall–Kier alpha value is -0.530. The van der Waals surface area contributed by atoms with Gasteiger partial charge >= 0.3 is 0 Å². The molecule has 1 aliphatic heterocycles. The number of benzene rings is 1. The molecule has 1 aliphatic rings. The Morgan fingerprint density at radius 2 is 2.13 bits per heavy atom. The van der Waals surface area contributed by atoms with Crippen molar-refractivity contribution in [1.82, 2.24) is 5.32 Å². The van der Waals surface area contributed by atoms with Gasteiger partial charge in [-0.25, -0.2) is 0 Å². The lowest BCUT2D eigenvalue weighted by molar-refractivity contribution is 0.474. The molecule has 1 fully saturated rings. The van der Waals surface area contributed by atoms with Crippen LogP contribution in [-0.4, -0.2) is 13.1 Å². The molecule has 0 bridgehead atoms. The van der Waals surface area contributed by atoms with Gasteiger partial charge in [0.05, 0.1) is 0 Å². The van der Waals surface area contributed by atoms with Gasteiger partial charge in [-0.1, -0.05) is 43.1 Å². The Balaban J connectivity index is 2.19. The fourth-order valence-corrected chi connectivity index (χ4v) is 2.82. The zero-order valence-corrected chi connectivity index (χ0v) is 9.93.